The Morgan fingerprint density at radius 1 is 1.32 bits per heavy atom. The summed E-state index contributed by atoms with van der Waals surface area (Å²) >= 11 is 3.25. The highest BCUT2D eigenvalue weighted by Gasteiger charge is 2.22. The minimum absolute atomic E-state index is 0.301. The normalized spacial score (nSPS) is 11.7. The Hall–Kier alpha value is -2.08. The van der Waals surface area contributed by atoms with Gasteiger partial charge in [0.15, 0.2) is 6.10 Å². The largest absolute Gasteiger partial charge is 0.448 e. The molecular weight excluding hydrogens is 348 g/mol. The summed E-state index contributed by atoms with van der Waals surface area (Å²) in [5.41, 5.74) is 1.30. The van der Waals surface area contributed by atoms with Crippen LogP contribution in [0.2, 0.25) is 0 Å². The van der Waals surface area contributed by atoms with Gasteiger partial charge in [-0.2, -0.15) is 0 Å². The summed E-state index contributed by atoms with van der Waals surface area (Å²) in [6.07, 6.45) is 1.24. The summed E-state index contributed by atoms with van der Waals surface area (Å²) < 4.78 is 6.00. The lowest BCUT2D eigenvalue weighted by molar-refractivity contribution is -0.130. The van der Waals surface area contributed by atoms with Crippen molar-refractivity contribution in [2.75, 3.05) is 0 Å². The molecule has 0 bridgehead atoms. The molecule has 0 radical (unpaired) electrons. The fourth-order valence-corrected chi connectivity index (χ4v) is 2.24. The van der Waals surface area contributed by atoms with Crippen LogP contribution >= 0.6 is 15.9 Å². The van der Waals surface area contributed by atoms with Gasteiger partial charge in [0, 0.05) is 17.2 Å². The fourth-order valence-electron chi connectivity index (χ4n) is 1.90. The topological polar surface area (TPSA) is 71.2 Å². The highest BCUT2D eigenvalue weighted by molar-refractivity contribution is 9.10. The van der Waals surface area contributed by atoms with Gasteiger partial charge in [0.25, 0.3) is 5.91 Å². The van der Waals surface area contributed by atoms with Gasteiger partial charge in [0.05, 0.1) is 0 Å². The lowest BCUT2D eigenvalue weighted by Gasteiger charge is -2.15. The Balaban J connectivity index is 1.90. The van der Waals surface area contributed by atoms with Crippen molar-refractivity contribution in [3.8, 4) is 0 Å². The van der Waals surface area contributed by atoms with Crippen molar-refractivity contribution in [2.45, 2.75) is 26.0 Å². The number of benzene rings is 1. The van der Waals surface area contributed by atoms with Crippen molar-refractivity contribution >= 4 is 27.8 Å². The first-order valence-electron chi connectivity index (χ1n) is 6.96. The zero-order valence-electron chi connectivity index (χ0n) is 12.1. The van der Waals surface area contributed by atoms with Crippen LogP contribution < -0.4 is 5.32 Å². The molecule has 22 heavy (non-hydrogen) atoms. The molecular formula is C16H17BrN2O3. The Bertz CT molecular complexity index is 640. The van der Waals surface area contributed by atoms with Crippen LogP contribution in [0.25, 0.3) is 0 Å². The molecule has 2 aromatic rings. The molecule has 5 nitrogen and oxygen atoms in total. The third-order valence-electron chi connectivity index (χ3n) is 3.09. The third-order valence-corrected chi connectivity index (χ3v) is 3.55. The van der Waals surface area contributed by atoms with Crippen LogP contribution in [-0.4, -0.2) is 23.0 Å². The molecule has 1 atom stereocenters. The summed E-state index contributed by atoms with van der Waals surface area (Å²) in [7, 11) is 0. The van der Waals surface area contributed by atoms with Crippen LogP contribution in [-0.2, 0) is 16.1 Å². The summed E-state index contributed by atoms with van der Waals surface area (Å²) in [6, 6.07) is 11.2. The number of nitrogens with one attached hydrogen (secondary N) is 2. The number of hydrogen-bond acceptors (Lipinski definition) is 3. The first-order chi connectivity index (χ1) is 10.6. The number of carbonyl (C=O) groups is 2. The SMILES string of the molecule is CCC(OC(=O)c1cc(Br)c[nH]1)C(=O)NCc1ccccc1. The highest BCUT2D eigenvalue weighted by Crippen LogP contribution is 2.13. The van der Waals surface area contributed by atoms with Crippen molar-refractivity contribution in [3.05, 3.63) is 58.3 Å². The third kappa shape index (κ3) is 4.46. The van der Waals surface area contributed by atoms with Crippen LogP contribution in [0, 0.1) is 0 Å². The second-order valence-electron chi connectivity index (χ2n) is 4.74. The Morgan fingerprint density at radius 2 is 2.05 bits per heavy atom. The molecule has 0 saturated heterocycles. The minimum Gasteiger partial charge on any atom is -0.448 e. The van der Waals surface area contributed by atoms with E-state index in [1.807, 2.05) is 30.3 Å². The number of H-pyrrole nitrogens is 1. The van der Waals surface area contributed by atoms with Crippen LogP contribution in [0.4, 0.5) is 0 Å². The molecule has 6 heteroatoms. The smallest absolute Gasteiger partial charge is 0.355 e. The maximum Gasteiger partial charge on any atom is 0.355 e. The number of aromatic nitrogens is 1. The molecule has 0 spiro atoms. The molecule has 1 heterocycles. The van der Waals surface area contributed by atoms with Gasteiger partial charge in [0.1, 0.15) is 5.69 Å². The van der Waals surface area contributed by atoms with Crippen LogP contribution in [0.1, 0.15) is 29.4 Å². The quantitative estimate of drug-likeness (QED) is 0.773. The number of amides is 1. The second kappa shape index (κ2) is 7.79. The lowest BCUT2D eigenvalue weighted by atomic mass is 10.2. The number of ether oxygens (including phenoxy) is 1. The van der Waals surface area contributed by atoms with Gasteiger partial charge in [-0.1, -0.05) is 37.3 Å². The standard InChI is InChI=1S/C16H17BrN2O3/c1-2-14(22-16(21)13-8-12(17)10-18-13)15(20)19-9-11-6-4-3-5-7-11/h3-8,10,14,18H,2,9H2,1H3,(H,19,20). The summed E-state index contributed by atoms with van der Waals surface area (Å²) in [5.74, 6) is -0.849. The van der Waals surface area contributed by atoms with Crippen molar-refractivity contribution in [1.29, 1.82) is 0 Å². The zero-order chi connectivity index (χ0) is 15.9. The molecule has 1 aromatic carbocycles. The Labute approximate surface area is 137 Å². The first kappa shape index (κ1) is 16.3. The molecule has 0 aliphatic heterocycles. The molecule has 0 saturated carbocycles. The van der Waals surface area contributed by atoms with Gasteiger partial charge in [-0.3, -0.25) is 4.79 Å². The monoisotopic (exact) mass is 364 g/mol. The van der Waals surface area contributed by atoms with E-state index in [0.29, 0.717) is 18.7 Å². The van der Waals surface area contributed by atoms with Gasteiger partial charge >= 0.3 is 5.97 Å². The van der Waals surface area contributed by atoms with E-state index >= 15 is 0 Å². The van der Waals surface area contributed by atoms with Gasteiger partial charge in [-0.15, -0.1) is 0 Å². The molecule has 1 amide bonds. The second-order valence-corrected chi connectivity index (χ2v) is 5.65. The van der Waals surface area contributed by atoms with Gasteiger partial charge in [-0.05, 0) is 34.0 Å². The molecule has 0 fully saturated rings. The predicted octanol–water partition coefficient (Wildman–Crippen LogP) is 3.03. The molecule has 1 aromatic heterocycles. The van der Waals surface area contributed by atoms with Crippen molar-refractivity contribution in [2.24, 2.45) is 0 Å². The van der Waals surface area contributed by atoms with Crippen LogP contribution in [0.3, 0.4) is 0 Å². The zero-order valence-corrected chi connectivity index (χ0v) is 13.7. The molecule has 0 aliphatic carbocycles. The number of aromatic amines is 1. The van der Waals surface area contributed by atoms with Gasteiger partial charge < -0.3 is 15.0 Å². The van der Waals surface area contributed by atoms with Crippen LogP contribution in [0.15, 0.2) is 47.1 Å². The maximum absolute atomic E-state index is 12.1. The lowest BCUT2D eigenvalue weighted by Crippen LogP contribution is -2.37. The number of rotatable bonds is 6. The van der Waals surface area contributed by atoms with E-state index in [4.69, 9.17) is 4.74 Å². The van der Waals surface area contributed by atoms with E-state index in [9.17, 15) is 9.59 Å². The van der Waals surface area contributed by atoms with Crippen molar-refractivity contribution in [1.82, 2.24) is 10.3 Å². The first-order valence-corrected chi connectivity index (χ1v) is 7.76. The average Bonchev–Trinajstić information content (AvgIpc) is 2.97. The highest BCUT2D eigenvalue weighted by atomic mass is 79.9. The van der Waals surface area contributed by atoms with E-state index in [0.717, 1.165) is 10.0 Å². The molecule has 2 rings (SSSR count). The van der Waals surface area contributed by atoms with E-state index in [1.54, 1.807) is 19.2 Å². The average molecular weight is 365 g/mol. The van der Waals surface area contributed by atoms with Gasteiger partial charge in [-0.25, -0.2) is 4.79 Å². The number of halogens is 1. The minimum atomic E-state index is -0.807. The predicted molar refractivity (Wildman–Crippen MR) is 86.3 cm³/mol. The van der Waals surface area contributed by atoms with Crippen molar-refractivity contribution < 1.29 is 14.3 Å². The number of esters is 1. The maximum atomic E-state index is 12.1. The molecule has 0 aliphatic rings. The molecule has 2 N–H and O–H groups in total. The number of carbonyl (C=O) groups excluding carboxylic acids is 2. The Kier molecular flexibility index (Phi) is 5.77. The van der Waals surface area contributed by atoms with Crippen molar-refractivity contribution in [3.63, 3.8) is 0 Å². The van der Waals surface area contributed by atoms with E-state index in [2.05, 4.69) is 26.2 Å². The number of hydrogen-bond donors (Lipinski definition) is 2. The van der Waals surface area contributed by atoms with E-state index in [1.165, 1.54) is 0 Å². The molecule has 116 valence electrons. The Morgan fingerprint density at radius 3 is 2.64 bits per heavy atom. The fraction of sp³-hybridized carbons (Fsp3) is 0.250. The summed E-state index contributed by atoms with van der Waals surface area (Å²) in [6.45, 7) is 2.20. The summed E-state index contributed by atoms with van der Waals surface area (Å²) in [4.78, 5) is 26.8. The van der Waals surface area contributed by atoms with E-state index in [-0.39, 0.29) is 5.91 Å². The van der Waals surface area contributed by atoms with Crippen LogP contribution in [0.5, 0.6) is 0 Å². The van der Waals surface area contributed by atoms with E-state index < -0.39 is 12.1 Å². The van der Waals surface area contributed by atoms with Gasteiger partial charge in [0.2, 0.25) is 0 Å². The molecule has 1 unspecified atom stereocenters. The summed E-state index contributed by atoms with van der Waals surface area (Å²) in [5, 5.41) is 2.78.